The van der Waals surface area contributed by atoms with Gasteiger partial charge in [0.1, 0.15) is 12.1 Å². The Morgan fingerprint density at radius 3 is 2.75 bits per heavy atom. The van der Waals surface area contributed by atoms with Gasteiger partial charge in [0.15, 0.2) is 5.01 Å². The average Bonchev–Trinajstić information content (AvgIpc) is 3.18. The first-order valence-corrected chi connectivity index (χ1v) is 10.2. The Bertz CT molecular complexity index is 1280. The molecule has 0 atom stereocenters. The Morgan fingerprint density at radius 1 is 1.12 bits per heavy atom. The number of nitrogens with one attached hydrogen (secondary N) is 2. The zero-order valence-electron chi connectivity index (χ0n) is 16.6. The predicted molar refractivity (Wildman–Crippen MR) is 114 cm³/mol. The number of hydrogen-bond acceptors (Lipinski definition) is 7. The number of aromatic nitrogens is 3. The summed E-state index contributed by atoms with van der Waals surface area (Å²) >= 11 is 1.10. The van der Waals surface area contributed by atoms with Crippen LogP contribution in [0.4, 0.5) is 18.9 Å². The average molecular weight is 459 g/mol. The molecule has 2 N–H and O–H groups in total. The molecule has 4 aromatic rings. The van der Waals surface area contributed by atoms with Crippen LogP contribution in [0.2, 0.25) is 0 Å². The number of ether oxygens (including phenoxy) is 1. The summed E-state index contributed by atoms with van der Waals surface area (Å²) in [5, 5.41) is 5.57. The first-order valence-electron chi connectivity index (χ1n) is 9.34. The van der Waals surface area contributed by atoms with Crippen LogP contribution in [0.15, 0.2) is 54.9 Å². The van der Waals surface area contributed by atoms with Crippen molar-refractivity contribution >= 4 is 33.1 Å². The highest BCUT2D eigenvalue weighted by Crippen LogP contribution is 2.32. The molecule has 1 amide bonds. The van der Waals surface area contributed by atoms with Crippen LogP contribution in [-0.4, -0.2) is 27.9 Å². The minimum atomic E-state index is -4.50. The van der Waals surface area contributed by atoms with Gasteiger partial charge in [-0.3, -0.25) is 4.79 Å². The van der Waals surface area contributed by atoms with E-state index in [-0.39, 0.29) is 10.7 Å². The number of carbonyl (C=O) groups excluding carboxylic acids is 1. The number of alkyl halides is 3. The summed E-state index contributed by atoms with van der Waals surface area (Å²) < 4.78 is 45.1. The summed E-state index contributed by atoms with van der Waals surface area (Å²) in [4.78, 5) is 25.0. The molecule has 11 heteroatoms. The second-order valence-electron chi connectivity index (χ2n) is 6.66. The van der Waals surface area contributed by atoms with Crippen molar-refractivity contribution in [3.05, 3.63) is 71.1 Å². The summed E-state index contributed by atoms with van der Waals surface area (Å²) in [5.41, 5.74) is 0.526. The van der Waals surface area contributed by atoms with Gasteiger partial charge >= 0.3 is 6.18 Å². The van der Waals surface area contributed by atoms with Crippen molar-refractivity contribution in [2.75, 3.05) is 12.4 Å². The van der Waals surface area contributed by atoms with E-state index in [1.54, 1.807) is 31.3 Å². The van der Waals surface area contributed by atoms with Crippen LogP contribution in [0, 0.1) is 0 Å². The van der Waals surface area contributed by atoms with E-state index in [0.29, 0.717) is 28.4 Å². The normalized spacial score (nSPS) is 11.5. The van der Waals surface area contributed by atoms with Crippen LogP contribution in [-0.2, 0) is 12.7 Å². The molecule has 0 saturated carbocycles. The zero-order chi connectivity index (χ0) is 22.7. The number of carbonyl (C=O) groups is 1. The monoisotopic (exact) mass is 459 g/mol. The molecule has 164 valence electrons. The van der Waals surface area contributed by atoms with E-state index in [4.69, 9.17) is 4.74 Å². The van der Waals surface area contributed by atoms with Crippen LogP contribution < -0.4 is 15.4 Å². The van der Waals surface area contributed by atoms with Gasteiger partial charge in [-0.05, 0) is 37.4 Å². The van der Waals surface area contributed by atoms with Gasteiger partial charge in [-0.2, -0.15) is 13.2 Å². The third kappa shape index (κ3) is 5.01. The van der Waals surface area contributed by atoms with Crippen molar-refractivity contribution in [2.45, 2.75) is 12.7 Å². The lowest BCUT2D eigenvalue weighted by Crippen LogP contribution is -2.12. The standard InChI is InChI=1S/C21H16F3N5O2S/c1-25-10-14-8-18(27-11-26-14)31-15-5-6-16-17(9-15)32-20(29-16)19(30)28-13-4-2-3-12(7-13)21(22,23)24/h2-9,11,25H,10H2,1H3,(H,28,30). The molecular formula is C21H16F3N5O2S. The number of amides is 1. The molecule has 0 aliphatic rings. The van der Waals surface area contributed by atoms with Crippen molar-refractivity contribution < 1.29 is 22.7 Å². The number of benzene rings is 2. The van der Waals surface area contributed by atoms with E-state index in [1.807, 2.05) is 0 Å². The molecular weight excluding hydrogens is 443 g/mol. The Morgan fingerprint density at radius 2 is 1.97 bits per heavy atom. The number of thiazole rings is 1. The van der Waals surface area contributed by atoms with Crippen LogP contribution >= 0.6 is 11.3 Å². The molecule has 7 nitrogen and oxygen atoms in total. The zero-order valence-corrected chi connectivity index (χ0v) is 17.4. The molecule has 2 aromatic heterocycles. The van der Waals surface area contributed by atoms with Gasteiger partial charge in [-0.25, -0.2) is 15.0 Å². The first-order chi connectivity index (χ1) is 15.3. The molecule has 0 fully saturated rings. The van der Waals surface area contributed by atoms with E-state index in [0.717, 1.165) is 29.2 Å². The highest BCUT2D eigenvalue weighted by Gasteiger charge is 2.30. The van der Waals surface area contributed by atoms with Gasteiger partial charge in [0.05, 0.1) is 21.5 Å². The molecule has 2 aromatic carbocycles. The molecule has 32 heavy (non-hydrogen) atoms. The van der Waals surface area contributed by atoms with Crippen LogP contribution in [0.25, 0.3) is 10.2 Å². The number of nitrogens with zero attached hydrogens (tertiary/aromatic N) is 3. The van der Waals surface area contributed by atoms with Crippen LogP contribution in [0.5, 0.6) is 11.6 Å². The lowest BCUT2D eigenvalue weighted by Gasteiger charge is -2.09. The molecule has 2 heterocycles. The van der Waals surface area contributed by atoms with Crippen molar-refractivity contribution in [1.82, 2.24) is 20.3 Å². The Kier molecular flexibility index (Phi) is 6.01. The van der Waals surface area contributed by atoms with E-state index in [2.05, 4.69) is 25.6 Å². The van der Waals surface area contributed by atoms with E-state index >= 15 is 0 Å². The summed E-state index contributed by atoms with van der Waals surface area (Å²) in [6.45, 7) is 0.567. The molecule has 0 aliphatic carbocycles. The first kappa shape index (κ1) is 21.7. The predicted octanol–water partition coefficient (Wildman–Crippen LogP) is 4.87. The summed E-state index contributed by atoms with van der Waals surface area (Å²) in [5.74, 6) is 0.275. The third-order valence-corrected chi connectivity index (χ3v) is 5.30. The summed E-state index contributed by atoms with van der Waals surface area (Å²) in [6.07, 6.45) is -3.09. The summed E-state index contributed by atoms with van der Waals surface area (Å²) in [7, 11) is 1.81. The molecule has 4 rings (SSSR count). The Hall–Kier alpha value is -3.57. The number of fused-ring (bicyclic) bond motifs is 1. The van der Waals surface area contributed by atoms with E-state index < -0.39 is 17.6 Å². The number of hydrogen-bond donors (Lipinski definition) is 2. The topological polar surface area (TPSA) is 89.0 Å². The Balaban J connectivity index is 1.51. The highest BCUT2D eigenvalue weighted by molar-refractivity contribution is 7.20. The smallest absolute Gasteiger partial charge is 0.416 e. The van der Waals surface area contributed by atoms with Gasteiger partial charge in [0, 0.05) is 24.4 Å². The van der Waals surface area contributed by atoms with Crippen molar-refractivity contribution in [3.63, 3.8) is 0 Å². The largest absolute Gasteiger partial charge is 0.439 e. The van der Waals surface area contributed by atoms with Crippen LogP contribution in [0.1, 0.15) is 21.1 Å². The molecule has 0 saturated heterocycles. The van der Waals surface area contributed by atoms with Crippen LogP contribution in [0.3, 0.4) is 0 Å². The number of rotatable bonds is 6. The van der Waals surface area contributed by atoms with E-state index in [9.17, 15) is 18.0 Å². The van der Waals surface area contributed by atoms with Gasteiger partial charge in [-0.1, -0.05) is 6.07 Å². The third-order valence-electron chi connectivity index (χ3n) is 4.28. The second kappa shape index (κ2) is 8.89. The van der Waals surface area contributed by atoms with Gasteiger partial charge in [0.2, 0.25) is 5.88 Å². The Labute approximate surface area is 184 Å². The lowest BCUT2D eigenvalue weighted by atomic mass is 10.2. The van der Waals surface area contributed by atoms with Crippen molar-refractivity contribution in [2.24, 2.45) is 0 Å². The summed E-state index contributed by atoms with van der Waals surface area (Å²) in [6, 6.07) is 11.2. The van der Waals surface area contributed by atoms with Crippen molar-refractivity contribution in [3.8, 4) is 11.6 Å². The lowest BCUT2D eigenvalue weighted by molar-refractivity contribution is -0.137. The maximum atomic E-state index is 12.9. The molecule has 0 aliphatic heterocycles. The van der Waals surface area contributed by atoms with Gasteiger partial charge in [-0.15, -0.1) is 11.3 Å². The second-order valence-corrected chi connectivity index (χ2v) is 7.69. The van der Waals surface area contributed by atoms with E-state index in [1.165, 1.54) is 18.5 Å². The molecule has 0 unspecified atom stereocenters. The fourth-order valence-corrected chi connectivity index (χ4v) is 3.74. The van der Waals surface area contributed by atoms with Gasteiger partial charge in [0.25, 0.3) is 5.91 Å². The SMILES string of the molecule is CNCc1cc(Oc2ccc3nc(C(=O)Nc4cccc(C(F)(F)F)c4)sc3c2)ncn1. The molecule has 0 spiro atoms. The molecule has 0 bridgehead atoms. The fraction of sp³-hybridized carbons (Fsp3) is 0.143. The fourth-order valence-electron chi connectivity index (χ4n) is 2.85. The minimum Gasteiger partial charge on any atom is -0.439 e. The number of halogens is 3. The highest BCUT2D eigenvalue weighted by atomic mass is 32.1. The number of anilines is 1. The minimum absolute atomic E-state index is 0.0363. The molecule has 0 radical (unpaired) electrons. The van der Waals surface area contributed by atoms with Gasteiger partial charge < -0.3 is 15.4 Å². The quantitative estimate of drug-likeness (QED) is 0.428. The maximum absolute atomic E-state index is 12.9. The maximum Gasteiger partial charge on any atom is 0.416 e. The van der Waals surface area contributed by atoms with Crippen molar-refractivity contribution in [1.29, 1.82) is 0 Å².